The number of benzene rings is 2. The average Bonchev–Trinajstić information content (AvgIpc) is 2.88. The molecule has 0 radical (unpaired) electrons. The molecule has 1 aliphatic carbocycles. The van der Waals surface area contributed by atoms with Crippen LogP contribution in [0.1, 0.15) is 31.2 Å². The van der Waals surface area contributed by atoms with E-state index in [1.54, 1.807) is 17.0 Å². The van der Waals surface area contributed by atoms with Crippen LogP contribution in [0.25, 0.3) is 0 Å². The van der Waals surface area contributed by atoms with E-state index in [0.29, 0.717) is 32.7 Å². The summed E-state index contributed by atoms with van der Waals surface area (Å²) in [6.07, 6.45) is -1.61. The summed E-state index contributed by atoms with van der Waals surface area (Å²) in [5, 5.41) is 23.7. The Morgan fingerprint density at radius 1 is 0.973 bits per heavy atom. The van der Waals surface area contributed by atoms with Gasteiger partial charge in [0.15, 0.2) is 0 Å². The van der Waals surface area contributed by atoms with Gasteiger partial charge in [0.05, 0.1) is 5.56 Å². The summed E-state index contributed by atoms with van der Waals surface area (Å²) in [5.74, 6) is 0.00549. The summed E-state index contributed by atoms with van der Waals surface area (Å²) in [5.41, 5.74) is -0.692. The van der Waals surface area contributed by atoms with Crippen LogP contribution < -0.4 is 20.8 Å². The molecule has 8 nitrogen and oxygen atoms in total. The number of nitrogens with one attached hydrogen (secondary N) is 2. The number of carbonyl (C=O) groups excluding carboxylic acids is 1. The molecule has 1 aliphatic heterocycles. The highest BCUT2D eigenvalue weighted by Gasteiger charge is 2.35. The zero-order valence-electron chi connectivity index (χ0n) is 20.2. The summed E-state index contributed by atoms with van der Waals surface area (Å²) < 4.78 is 53.0. The Balaban J connectivity index is 1.19. The van der Waals surface area contributed by atoms with Crippen LogP contribution in [0.2, 0.25) is 0 Å². The lowest BCUT2D eigenvalue weighted by atomic mass is 9.86. The molecule has 4 rings (SSSR count). The number of hydrogen-bond acceptors (Lipinski definition) is 6. The molecule has 37 heavy (non-hydrogen) atoms. The Morgan fingerprint density at radius 2 is 1.62 bits per heavy atom. The second-order valence-corrected chi connectivity index (χ2v) is 9.52. The lowest BCUT2D eigenvalue weighted by molar-refractivity contribution is -0.138. The molecule has 12 heteroatoms. The van der Waals surface area contributed by atoms with E-state index in [1.165, 1.54) is 18.2 Å². The predicted molar refractivity (Wildman–Crippen MR) is 130 cm³/mol. The highest BCUT2D eigenvalue weighted by atomic mass is 19.4. The topological polar surface area (TPSA) is 91.3 Å². The van der Waals surface area contributed by atoms with Gasteiger partial charge in [-0.15, -0.1) is 5.23 Å². The Bertz CT molecular complexity index is 1050. The summed E-state index contributed by atoms with van der Waals surface area (Å²) in [7, 11) is 0. The number of anilines is 3. The third kappa shape index (κ3) is 6.95. The van der Waals surface area contributed by atoms with Gasteiger partial charge in [-0.3, -0.25) is 10.4 Å². The molecule has 2 aromatic carbocycles. The number of alkyl halides is 3. The van der Waals surface area contributed by atoms with Crippen LogP contribution in [0.3, 0.4) is 0 Å². The van der Waals surface area contributed by atoms with Gasteiger partial charge < -0.3 is 20.4 Å². The van der Waals surface area contributed by atoms with Crippen LogP contribution in [-0.2, 0) is 6.18 Å². The fourth-order valence-electron chi connectivity index (χ4n) is 4.94. The average molecular weight is 526 g/mol. The van der Waals surface area contributed by atoms with Crippen LogP contribution in [-0.4, -0.2) is 60.1 Å². The minimum Gasteiger partial charge on any atom is -0.382 e. The number of urea groups is 1. The first-order valence-corrected chi connectivity index (χ1v) is 12.3. The Hall–Kier alpha value is -3.25. The molecule has 2 aliphatic rings. The Morgan fingerprint density at radius 3 is 2.22 bits per heavy atom. The van der Waals surface area contributed by atoms with Crippen molar-refractivity contribution in [1.82, 2.24) is 10.2 Å². The van der Waals surface area contributed by atoms with Gasteiger partial charge in [-0.25, -0.2) is 9.18 Å². The van der Waals surface area contributed by atoms with E-state index in [4.69, 9.17) is 10.4 Å². The second kappa shape index (κ2) is 11.4. The zero-order chi connectivity index (χ0) is 26.6. The molecule has 0 aromatic heterocycles. The van der Waals surface area contributed by atoms with Crippen molar-refractivity contribution >= 4 is 23.1 Å². The molecule has 0 atom stereocenters. The van der Waals surface area contributed by atoms with Gasteiger partial charge in [-0.2, -0.15) is 13.2 Å². The third-order valence-electron chi connectivity index (χ3n) is 7.04. The molecule has 2 aromatic rings. The predicted octanol–water partition coefficient (Wildman–Crippen LogP) is 4.93. The number of hydrogen-bond donors (Lipinski definition) is 4. The van der Waals surface area contributed by atoms with Gasteiger partial charge in [0, 0.05) is 50.1 Å². The Kier molecular flexibility index (Phi) is 8.28. The molecule has 2 fully saturated rings. The van der Waals surface area contributed by atoms with Crippen molar-refractivity contribution in [3.8, 4) is 0 Å². The van der Waals surface area contributed by atoms with Crippen LogP contribution in [0, 0.1) is 11.7 Å². The zero-order valence-corrected chi connectivity index (χ0v) is 20.2. The monoisotopic (exact) mass is 525 g/mol. The van der Waals surface area contributed by atoms with Crippen LogP contribution in [0.5, 0.6) is 0 Å². The molecule has 1 heterocycles. The highest BCUT2D eigenvalue weighted by Crippen LogP contribution is 2.38. The van der Waals surface area contributed by atoms with Gasteiger partial charge in [-0.1, -0.05) is 0 Å². The molecule has 0 unspecified atom stereocenters. The smallest absolute Gasteiger partial charge is 0.382 e. The van der Waals surface area contributed by atoms with E-state index in [1.807, 2.05) is 0 Å². The van der Waals surface area contributed by atoms with Crippen LogP contribution >= 0.6 is 0 Å². The van der Waals surface area contributed by atoms with Crippen LogP contribution in [0.15, 0.2) is 42.5 Å². The van der Waals surface area contributed by atoms with Gasteiger partial charge in [0.1, 0.15) is 11.5 Å². The van der Waals surface area contributed by atoms with Gasteiger partial charge in [0.25, 0.3) is 0 Å². The number of halogens is 4. The number of rotatable bonds is 6. The van der Waals surface area contributed by atoms with Crippen molar-refractivity contribution in [2.45, 2.75) is 37.9 Å². The van der Waals surface area contributed by atoms with E-state index < -0.39 is 22.7 Å². The summed E-state index contributed by atoms with van der Waals surface area (Å²) in [4.78, 5) is 16.5. The molecule has 1 saturated heterocycles. The summed E-state index contributed by atoms with van der Waals surface area (Å²) in [6, 6.07) is 9.45. The Labute approximate surface area is 212 Å². The van der Waals surface area contributed by atoms with Gasteiger partial charge in [0.2, 0.25) is 0 Å². The molecule has 202 valence electrons. The molecule has 0 spiro atoms. The van der Waals surface area contributed by atoms with E-state index in [0.717, 1.165) is 43.5 Å². The first-order chi connectivity index (χ1) is 17.6. The maximum Gasteiger partial charge on any atom is 0.418 e. The summed E-state index contributed by atoms with van der Waals surface area (Å²) in [6.45, 7) is 3.02. The van der Waals surface area contributed by atoms with Crippen molar-refractivity contribution in [2.75, 3.05) is 48.2 Å². The minimum atomic E-state index is -4.74. The van der Waals surface area contributed by atoms with E-state index in [2.05, 4.69) is 15.5 Å². The standard InChI is InChI=1S/C25H31F4N5O3/c26-18-3-8-21(9-4-18)32-11-13-33(14-12-32)24(35)30-16-17-1-5-19(6-2-17)31-20-7-10-23(34(36)37)22(15-20)25(27,28)29/h3-4,7-10,15,17,19,31,36-37H,1-2,5-6,11-14,16H2,(H,30,35). The van der Waals surface area contributed by atoms with E-state index in [-0.39, 0.29) is 29.5 Å². The van der Waals surface area contributed by atoms with Crippen molar-refractivity contribution < 1.29 is 32.8 Å². The van der Waals surface area contributed by atoms with Crippen molar-refractivity contribution in [1.29, 1.82) is 0 Å². The van der Waals surface area contributed by atoms with Gasteiger partial charge >= 0.3 is 12.2 Å². The van der Waals surface area contributed by atoms with Crippen molar-refractivity contribution in [2.24, 2.45) is 5.92 Å². The molecule has 1 saturated carbocycles. The molecule has 4 N–H and O–H groups in total. The second-order valence-electron chi connectivity index (χ2n) is 9.52. The fraction of sp³-hybridized carbons (Fsp3) is 0.480. The molecular weight excluding hydrogens is 494 g/mol. The summed E-state index contributed by atoms with van der Waals surface area (Å²) >= 11 is 0. The maximum atomic E-state index is 13.3. The van der Waals surface area contributed by atoms with Crippen LogP contribution in [0.4, 0.5) is 39.4 Å². The normalized spacial score (nSPS) is 20.5. The first kappa shape index (κ1) is 26.8. The fourth-order valence-corrected chi connectivity index (χ4v) is 4.94. The number of nitrogens with zero attached hydrogens (tertiary/aromatic N) is 3. The number of carbonyl (C=O) groups is 1. The SMILES string of the molecule is O=C(NCC1CCC(Nc2ccc(N(O)O)c(C(F)(F)F)c2)CC1)N1CCN(c2ccc(F)cc2)CC1. The lowest BCUT2D eigenvalue weighted by Crippen LogP contribution is -2.52. The van der Waals surface area contributed by atoms with Crippen molar-refractivity contribution in [3.63, 3.8) is 0 Å². The molecule has 0 bridgehead atoms. The molecule has 2 amide bonds. The maximum absolute atomic E-state index is 13.3. The van der Waals surface area contributed by atoms with Crippen molar-refractivity contribution in [3.05, 3.63) is 53.8 Å². The number of piperazine rings is 1. The quantitative estimate of drug-likeness (QED) is 0.316. The van der Waals surface area contributed by atoms with E-state index >= 15 is 0 Å². The first-order valence-electron chi connectivity index (χ1n) is 12.3. The van der Waals surface area contributed by atoms with Gasteiger partial charge in [-0.05, 0) is 74.1 Å². The largest absolute Gasteiger partial charge is 0.418 e. The number of amides is 2. The third-order valence-corrected chi connectivity index (χ3v) is 7.04. The molecular formula is C25H31F4N5O3. The highest BCUT2D eigenvalue weighted by molar-refractivity contribution is 5.74. The minimum absolute atomic E-state index is 0.0159. The van der Waals surface area contributed by atoms with E-state index in [9.17, 15) is 22.4 Å². The lowest BCUT2D eigenvalue weighted by Gasteiger charge is -2.36.